The van der Waals surface area contributed by atoms with Crippen molar-refractivity contribution in [2.24, 2.45) is 11.8 Å². The third-order valence-electron chi connectivity index (χ3n) is 5.89. The number of rotatable bonds is 11. The Labute approximate surface area is 205 Å². The van der Waals surface area contributed by atoms with E-state index in [4.69, 9.17) is 4.98 Å². The Morgan fingerprint density at radius 3 is 2.62 bits per heavy atom. The highest BCUT2D eigenvalue weighted by atomic mass is 79.9. The molecular formula is C25H32BrN5S. The largest absolute Gasteiger partial charge is 0.352 e. The molecule has 3 aromatic rings. The van der Waals surface area contributed by atoms with E-state index in [0.717, 1.165) is 45.0 Å². The maximum Gasteiger partial charge on any atom is 0.160 e. The number of aromatic nitrogens is 3. The molecule has 0 saturated carbocycles. The molecule has 1 aromatic carbocycles. The van der Waals surface area contributed by atoms with Crippen molar-refractivity contribution in [3.63, 3.8) is 0 Å². The summed E-state index contributed by atoms with van der Waals surface area (Å²) in [6.07, 6.45) is 7.05. The fourth-order valence-corrected chi connectivity index (χ4v) is 4.60. The molecule has 32 heavy (non-hydrogen) atoms. The molecule has 0 saturated heterocycles. The Balaban J connectivity index is 2.00. The third kappa shape index (κ3) is 6.01. The fourth-order valence-electron chi connectivity index (χ4n) is 3.89. The zero-order valence-electron chi connectivity index (χ0n) is 19.1. The fraction of sp³-hybridized carbons (Fsp3) is 0.400. The molecule has 0 fully saturated rings. The van der Waals surface area contributed by atoms with Crippen molar-refractivity contribution >= 4 is 56.9 Å². The van der Waals surface area contributed by atoms with Gasteiger partial charge in [-0.25, -0.2) is 15.0 Å². The lowest BCUT2D eigenvalue weighted by Gasteiger charge is -2.31. The van der Waals surface area contributed by atoms with Gasteiger partial charge in [-0.3, -0.25) is 0 Å². The minimum absolute atomic E-state index is 0.596. The molecule has 2 atom stereocenters. The number of hydrogen-bond acceptors (Lipinski definition) is 6. The summed E-state index contributed by atoms with van der Waals surface area (Å²) in [7, 11) is 0. The van der Waals surface area contributed by atoms with Crippen LogP contribution >= 0.6 is 28.6 Å². The van der Waals surface area contributed by atoms with Gasteiger partial charge in [0.05, 0.1) is 9.99 Å². The summed E-state index contributed by atoms with van der Waals surface area (Å²) in [6.45, 7) is 12.5. The number of benzene rings is 1. The first-order valence-electron chi connectivity index (χ1n) is 11.2. The zero-order chi connectivity index (χ0) is 23.1. The first kappa shape index (κ1) is 24.5. The van der Waals surface area contributed by atoms with Gasteiger partial charge in [0.25, 0.3) is 0 Å². The predicted molar refractivity (Wildman–Crippen MR) is 142 cm³/mol. The molecule has 170 valence electrons. The lowest BCUT2D eigenvalue weighted by atomic mass is 9.87. The van der Waals surface area contributed by atoms with Crippen LogP contribution in [-0.4, -0.2) is 28.0 Å². The summed E-state index contributed by atoms with van der Waals surface area (Å²) in [5, 5.41) is 3.38. The highest BCUT2D eigenvalue weighted by molar-refractivity contribution is 9.10. The number of hydrogen-bond donors (Lipinski definition) is 2. The van der Waals surface area contributed by atoms with E-state index in [1.54, 1.807) is 6.33 Å². The van der Waals surface area contributed by atoms with E-state index in [2.05, 4.69) is 76.1 Å². The van der Waals surface area contributed by atoms with E-state index in [1.165, 1.54) is 19.3 Å². The van der Waals surface area contributed by atoms with Gasteiger partial charge in [0, 0.05) is 23.7 Å². The standard InChI is InChI=1S/C25H32BrN5S/c1-5-8-18(17(4)7-3)15-31(13-6-2)25-21(26)14-22-23(30-25)24(28-16-27-22)29-19-9-11-20(32)12-10-19/h6,9-12,14,16-18,32H,2,5,7-8,13,15H2,1,3-4H3,(H,27,28,29). The molecule has 2 heterocycles. The average Bonchev–Trinajstić information content (AvgIpc) is 2.79. The molecule has 1 N–H and O–H groups in total. The van der Waals surface area contributed by atoms with Crippen LogP contribution in [0.5, 0.6) is 0 Å². The zero-order valence-corrected chi connectivity index (χ0v) is 21.5. The molecule has 0 aliphatic rings. The van der Waals surface area contributed by atoms with Crippen molar-refractivity contribution in [2.75, 3.05) is 23.3 Å². The van der Waals surface area contributed by atoms with E-state index < -0.39 is 0 Å². The molecule has 0 spiro atoms. The Morgan fingerprint density at radius 2 is 1.97 bits per heavy atom. The normalized spacial score (nSPS) is 13.0. The van der Waals surface area contributed by atoms with Crippen molar-refractivity contribution in [1.29, 1.82) is 0 Å². The molecule has 0 amide bonds. The molecule has 0 radical (unpaired) electrons. The van der Waals surface area contributed by atoms with E-state index in [0.29, 0.717) is 17.7 Å². The van der Waals surface area contributed by atoms with Gasteiger partial charge >= 0.3 is 0 Å². The second-order valence-electron chi connectivity index (χ2n) is 8.18. The van der Waals surface area contributed by atoms with Crippen LogP contribution in [0.1, 0.15) is 40.0 Å². The molecule has 0 aliphatic heterocycles. The van der Waals surface area contributed by atoms with Crippen LogP contribution in [0.3, 0.4) is 0 Å². The van der Waals surface area contributed by atoms with Crippen LogP contribution in [0.4, 0.5) is 17.3 Å². The molecule has 2 unspecified atom stereocenters. The lowest BCUT2D eigenvalue weighted by Crippen LogP contribution is -2.33. The lowest BCUT2D eigenvalue weighted by molar-refractivity contribution is 0.326. The van der Waals surface area contributed by atoms with Crippen molar-refractivity contribution in [1.82, 2.24) is 15.0 Å². The molecule has 3 rings (SSSR count). The quantitative estimate of drug-likeness (QED) is 0.208. The smallest absolute Gasteiger partial charge is 0.160 e. The van der Waals surface area contributed by atoms with E-state index in [1.807, 2.05) is 36.4 Å². The van der Waals surface area contributed by atoms with E-state index >= 15 is 0 Å². The van der Waals surface area contributed by atoms with Gasteiger partial charge in [0.1, 0.15) is 17.7 Å². The molecule has 0 bridgehead atoms. The molecular weight excluding hydrogens is 482 g/mol. The number of anilines is 3. The first-order chi connectivity index (χ1) is 15.5. The molecule has 5 nitrogen and oxygen atoms in total. The van der Waals surface area contributed by atoms with Crippen molar-refractivity contribution < 1.29 is 0 Å². The van der Waals surface area contributed by atoms with Gasteiger partial charge in [-0.05, 0) is 64.5 Å². The highest BCUT2D eigenvalue weighted by Crippen LogP contribution is 2.32. The Morgan fingerprint density at radius 1 is 1.22 bits per heavy atom. The highest BCUT2D eigenvalue weighted by Gasteiger charge is 2.22. The van der Waals surface area contributed by atoms with E-state index in [9.17, 15) is 0 Å². The van der Waals surface area contributed by atoms with Gasteiger partial charge in [0.15, 0.2) is 5.82 Å². The summed E-state index contributed by atoms with van der Waals surface area (Å²) in [5.74, 6) is 2.82. The van der Waals surface area contributed by atoms with E-state index in [-0.39, 0.29) is 0 Å². The summed E-state index contributed by atoms with van der Waals surface area (Å²) < 4.78 is 0.926. The minimum Gasteiger partial charge on any atom is -0.352 e. The Hall–Kier alpha value is -2.12. The maximum atomic E-state index is 5.03. The second kappa shape index (κ2) is 11.7. The SMILES string of the molecule is C=CCN(CC(CCC)C(C)CC)c1nc2c(Nc3ccc(S)cc3)ncnc2cc1Br. The topological polar surface area (TPSA) is 53.9 Å². The summed E-state index contributed by atoms with van der Waals surface area (Å²) >= 11 is 8.11. The number of pyridine rings is 1. The van der Waals surface area contributed by atoms with Crippen LogP contribution in [-0.2, 0) is 0 Å². The molecule has 7 heteroatoms. The maximum absolute atomic E-state index is 5.03. The van der Waals surface area contributed by atoms with Gasteiger partial charge in [0.2, 0.25) is 0 Å². The number of nitrogens with zero attached hydrogens (tertiary/aromatic N) is 4. The third-order valence-corrected chi connectivity index (χ3v) is 6.77. The monoisotopic (exact) mass is 513 g/mol. The Kier molecular flexibility index (Phi) is 8.93. The molecule has 0 aliphatic carbocycles. The van der Waals surface area contributed by atoms with Gasteiger partial charge in [-0.15, -0.1) is 19.2 Å². The number of halogens is 1. The van der Waals surface area contributed by atoms with Crippen molar-refractivity contribution in [2.45, 2.75) is 44.9 Å². The van der Waals surface area contributed by atoms with Crippen LogP contribution in [0.25, 0.3) is 11.0 Å². The number of thiol groups is 1. The van der Waals surface area contributed by atoms with Gasteiger partial charge in [-0.1, -0.05) is 39.7 Å². The summed E-state index contributed by atoms with van der Waals surface area (Å²) in [6, 6.07) is 9.86. The second-order valence-corrected chi connectivity index (χ2v) is 9.55. The van der Waals surface area contributed by atoms with Crippen LogP contribution in [0.2, 0.25) is 0 Å². The predicted octanol–water partition coefficient (Wildman–Crippen LogP) is 7.27. The number of fused-ring (bicyclic) bond motifs is 1. The molecule has 2 aromatic heterocycles. The number of nitrogens with one attached hydrogen (secondary N) is 1. The van der Waals surface area contributed by atoms with Crippen LogP contribution in [0, 0.1) is 11.8 Å². The van der Waals surface area contributed by atoms with Crippen LogP contribution < -0.4 is 10.2 Å². The van der Waals surface area contributed by atoms with Crippen molar-refractivity contribution in [3.05, 3.63) is 53.8 Å². The Bertz CT molecular complexity index is 1040. The van der Waals surface area contributed by atoms with Crippen molar-refractivity contribution in [3.8, 4) is 0 Å². The first-order valence-corrected chi connectivity index (χ1v) is 12.4. The van der Waals surface area contributed by atoms with Gasteiger partial charge < -0.3 is 10.2 Å². The average molecular weight is 515 g/mol. The van der Waals surface area contributed by atoms with Crippen LogP contribution in [0.15, 0.2) is 58.7 Å². The van der Waals surface area contributed by atoms with Gasteiger partial charge in [-0.2, -0.15) is 0 Å². The minimum atomic E-state index is 0.596. The summed E-state index contributed by atoms with van der Waals surface area (Å²) in [4.78, 5) is 17.2. The summed E-state index contributed by atoms with van der Waals surface area (Å²) in [5.41, 5.74) is 2.46.